The molecule has 0 fully saturated rings. The lowest BCUT2D eigenvalue weighted by atomic mass is 10.0. The molecular weight excluding hydrogens is 174 g/mol. The second-order valence-electron chi connectivity index (χ2n) is 2.92. The van der Waals surface area contributed by atoms with Crippen molar-refractivity contribution in [3.63, 3.8) is 0 Å². The van der Waals surface area contributed by atoms with E-state index in [4.69, 9.17) is 0 Å². The number of ketones is 1. The number of carbonyl (C=O) groups is 1. The van der Waals surface area contributed by atoms with Crippen molar-refractivity contribution >= 4 is 18.1 Å². The van der Waals surface area contributed by atoms with Crippen molar-refractivity contribution in [2.45, 2.75) is 0 Å². The van der Waals surface area contributed by atoms with Gasteiger partial charge in [-0.15, -0.1) is 0 Å². The van der Waals surface area contributed by atoms with E-state index in [2.05, 4.69) is 4.99 Å². The van der Waals surface area contributed by atoms with Gasteiger partial charge in [0, 0.05) is 24.1 Å². The van der Waals surface area contributed by atoms with Crippen LogP contribution in [0.4, 0.5) is 0 Å². The molecule has 0 aromatic heterocycles. The first-order valence-corrected chi connectivity index (χ1v) is 4.38. The fraction of sp³-hybridized carbons (Fsp3) is 0. The number of allylic oxidation sites excluding steroid dienone is 2. The molecule has 0 unspecified atom stereocenters. The van der Waals surface area contributed by atoms with Gasteiger partial charge in [-0.3, -0.25) is 9.79 Å². The van der Waals surface area contributed by atoms with Crippen LogP contribution in [0.5, 0.6) is 0 Å². The van der Waals surface area contributed by atoms with Crippen LogP contribution < -0.4 is 0 Å². The maximum Gasteiger partial charge on any atom is 0.187 e. The van der Waals surface area contributed by atoms with E-state index in [0.717, 1.165) is 5.56 Å². The molecule has 2 nitrogen and oxygen atoms in total. The quantitative estimate of drug-likeness (QED) is 0.607. The Morgan fingerprint density at radius 1 is 1.07 bits per heavy atom. The first-order chi connectivity index (χ1) is 6.88. The Morgan fingerprint density at radius 3 is 2.86 bits per heavy atom. The topological polar surface area (TPSA) is 29.4 Å². The summed E-state index contributed by atoms with van der Waals surface area (Å²) in [7, 11) is 0. The van der Waals surface area contributed by atoms with Crippen molar-refractivity contribution in [3.05, 3.63) is 53.7 Å². The van der Waals surface area contributed by atoms with Gasteiger partial charge in [-0.05, 0) is 11.6 Å². The van der Waals surface area contributed by atoms with Crippen LogP contribution in [-0.2, 0) is 0 Å². The third-order valence-electron chi connectivity index (χ3n) is 1.99. The summed E-state index contributed by atoms with van der Waals surface area (Å²) >= 11 is 0. The van der Waals surface area contributed by atoms with E-state index in [1.54, 1.807) is 6.21 Å². The molecule has 0 spiro atoms. The number of nitrogens with zero attached hydrogens (tertiary/aromatic N) is 1. The molecule has 0 saturated heterocycles. The Morgan fingerprint density at radius 2 is 1.93 bits per heavy atom. The zero-order valence-corrected chi connectivity index (χ0v) is 7.55. The van der Waals surface area contributed by atoms with E-state index in [1.165, 1.54) is 12.3 Å². The summed E-state index contributed by atoms with van der Waals surface area (Å²) in [6.07, 6.45) is 8.34. The van der Waals surface area contributed by atoms with Gasteiger partial charge < -0.3 is 0 Å². The molecule has 0 N–H and O–H groups in total. The Hall–Kier alpha value is -1.96. The normalized spacial score (nSPS) is 21.3. The molecule has 1 aliphatic heterocycles. The number of fused-ring (bicyclic) bond motifs is 1. The SMILES string of the molecule is O=C1/C=C/N=C\C=C\c2ccccc21. The van der Waals surface area contributed by atoms with Crippen molar-refractivity contribution in [2.24, 2.45) is 4.99 Å². The third kappa shape index (κ3) is 1.69. The average molecular weight is 183 g/mol. The fourth-order valence-corrected chi connectivity index (χ4v) is 1.31. The maximum absolute atomic E-state index is 11.6. The van der Waals surface area contributed by atoms with E-state index < -0.39 is 0 Å². The Labute approximate surface area is 82.3 Å². The van der Waals surface area contributed by atoms with Gasteiger partial charge in [-0.2, -0.15) is 0 Å². The summed E-state index contributed by atoms with van der Waals surface area (Å²) < 4.78 is 0. The molecule has 0 aliphatic carbocycles. The van der Waals surface area contributed by atoms with E-state index in [-0.39, 0.29) is 5.78 Å². The summed E-state index contributed by atoms with van der Waals surface area (Å²) in [4.78, 5) is 15.5. The van der Waals surface area contributed by atoms with Crippen LogP contribution in [-0.4, -0.2) is 12.0 Å². The van der Waals surface area contributed by atoms with Gasteiger partial charge in [-0.1, -0.05) is 30.3 Å². The molecule has 0 atom stereocenters. The molecule has 0 bridgehead atoms. The summed E-state index contributed by atoms with van der Waals surface area (Å²) in [6.45, 7) is 0. The van der Waals surface area contributed by atoms with Crippen LogP contribution in [0.15, 0.2) is 47.6 Å². The highest BCUT2D eigenvalue weighted by Gasteiger charge is 2.05. The summed E-state index contributed by atoms with van der Waals surface area (Å²) in [5.41, 5.74) is 1.64. The molecule has 2 heteroatoms. The summed E-state index contributed by atoms with van der Waals surface area (Å²) in [5, 5.41) is 0. The molecule has 14 heavy (non-hydrogen) atoms. The lowest BCUT2D eigenvalue weighted by Gasteiger charge is -2.00. The number of hydrogen-bond acceptors (Lipinski definition) is 2. The van der Waals surface area contributed by atoms with Crippen molar-refractivity contribution in [1.82, 2.24) is 0 Å². The number of hydrogen-bond donors (Lipinski definition) is 0. The van der Waals surface area contributed by atoms with Crippen molar-refractivity contribution in [1.29, 1.82) is 0 Å². The zero-order chi connectivity index (χ0) is 9.80. The molecule has 1 aromatic rings. The predicted molar refractivity (Wildman–Crippen MR) is 57.4 cm³/mol. The number of aliphatic imine (C=N–C) groups is 1. The van der Waals surface area contributed by atoms with Crippen LogP contribution in [0.1, 0.15) is 15.9 Å². The Balaban J connectivity index is 2.57. The maximum atomic E-state index is 11.6. The first-order valence-electron chi connectivity index (χ1n) is 4.38. The predicted octanol–water partition coefficient (Wildman–Crippen LogP) is 2.48. The van der Waals surface area contributed by atoms with Crippen LogP contribution in [0, 0.1) is 0 Å². The average Bonchev–Trinajstić information content (AvgIpc) is 2.30. The highest BCUT2D eigenvalue weighted by Crippen LogP contribution is 2.12. The molecule has 0 amide bonds. The van der Waals surface area contributed by atoms with Gasteiger partial charge in [-0.25, -0.2) is 0 Å². The Bertz CT molecular complexity index is 441. The van der Waals surface area contributed by atoms with Crippen LogP contribution in [0.25, 0.3) is 6.08 Å². The van der Waals surface area contributed by atoms with Gasteiger partial charge >= 0.3 is 0 Å². The van der Waals surface area contributed by atoms with Gasteiger partial charge in [0.1, 0.15) is 0 Å². The lowest BCUT2D eigenvalue weighted by molar-refractivity contribution is 0.104. The summed E-state index contributed by atoms with van der Waals surface area (Å²) in [5.74, 6) is -0.00991. The van der Waals surface area contributed by atoms with Gasteiger partial charge in [0.2, 0.25) is 0 Å². The van der Waals surface area contributed by atoms with Crippen LogP contribution in [0.3, 0.4) is 0 Å². The summed E-state index contributed by atoms with van der Waals surface area (Å²) in [6, 6.07) is 7.50. The molecule has 0 radical (unpaired) electrons. The fourth-order valence-electron chi connectivity index (χ4n) is 1.31. The van der Waals surface area contributed by atoms with Crippen molar-refractivity contribution in [2.75, 3.05) is 0 Å². The lowest BCUT2D eigenvalue weighted by Crippen LogP contribution is -1.96. The molecule has 2 rings (SSSR count). The minimum atomic E-state index is -0.00991. The monoisotopic (exact) mass is 183 g/mol. The van der Waals surface area contributed by atoms with Crippen molar-refractivity contribution in [3.8, 4) is 0 Å². The standard InChI is InChI=1S/C12H9NO/c14-12-7-9-13-8-3-5-10-4-1-2-6-11(10)12/h1-9H/b5-3+,9-7+,13-8-. The van der Waals surface area contributed by atoms with Crippen molar-refractivity contribution < 1.29 is 4.79 Å². The number of benzene rings is 1. The smallest absolute Gasteiger partial charge is 0.187 e. The second-order valence-corrected chi connectivity index (χ2v) is 2.92. The van der Waals surface area contributed by atoms with Crippen LogP contribution >= 0.6 is 0 Å². The molecule has 1 aromatic carbocycles. The second kappa shape index (κ2) is 3.83. The molecule has 1 heterocycles. The highest BCUT2D eigenvalue weighted by atomic mass is 16.1. The van der Waals surface area contributed by atoms with E-state index in [9.17, 15) is 4.79 Å². The van der Waals surface area contributed by atoms with Gasteiger partial charge in [0.05, 0.1) is 0 Å². The molecular formula is C12H9NO. The molecule has 0 saturated carbocycles. The van der Waals surface area contributed by atoms with E-state index in [0.29, 0.717) is 5.56 Å². The highest BCUT2D eigenvalue weighted by molar-refractivity contribution is 6.07. The first kappa shape index (κ1) is 8.63. The minimum absolute atomic E-state index is 0.00991. The van der Waals surface area contributed by atoms with E-state index >= 15 is 0 Å². The van der Waals surface area contributed by atoms with Gasteiger partial charge in [0.15, 0.2) is 5.78 Å². The van der Waals surface area contributed by atoms with Gasteiger partial charge in [0.25, 0.3) is 0 Å². The largest absolute Gasteiger partial charge is 0.289 e. The zero-order valence-electron chi connectivity index (χ0n) is 7.55. The van der Waals surface area contributed by atoms with E-state index in [1.807, 2.05) is 36.4 Å². The van der Waals surface area contributed by atoms with Crippen LogP contribution in [0.2, 0.25) is 0 Å². The number of carbonyl (C=O) groups excluding carboxylic acids is 1. The minimum Gasteiger partial charge on any atom is -0.289 e. The molecule has 1 aliphatic rings. The molecule has 68 valence electrons. The third-order valence-corrected chi connectivity index (χ3v) is 1.99. The Kier molecular flexibility index (Phi) is 2.36. The number of rotatable bonds is 0.